The molecule has 0 radical (unpaired) electrons. The third kappa shape index (κ3) is 2.87. The first kappa shape index (κ1) is 12.2. The fraction of sp³-hybridized carbons (Fsp3) is 0.500. The highest BCUT2D eigenvalue weighted by Crippen LogP contribution is 2.38. The zero-order chi connectivity index (χ0) is 10.7. The summed E-state index contributed by atoms with van der Waals surface area (Å²) in [4.78, 5) is 10.3. The Morgan fingerprint density at radius 2 is 1.92 bits per heavy atom. The molecule has 7 heteroatoms. The van der Waals surface area contributed by atoms with E-state index in [1.807, 2.05) is 0 Å². The van der Waals surface area contributed by atoms with E-state index in [1.165, 1.54) is 0 Å². The summed E-state index contributed by atoms with van der Waals surface area (Å²) in [6, 6.07) is 0. The van der Waals surface area contributed by atoms with Crippen LogP contribution in [0.1, 0.15) is 0 Å². The minimum atomic E-state index is -5.03. The Labute approximate surface area is 76.1 Å². The van der Waals surface area contributed by atoms with E-state index in [0.717, 1.165) is 6.08 Å². The average molecular weight is 221 g/mol. The van der Waals surface area contributed by atoms with E-state index in [1.54, 1.807) is 0 Å². The van der Waals surface area contributed by atoms with Crippen molar-refractivity contribution >= 4 is 17.6 Å². The van der Waals surface area contributed by atoms with Gasteiger partial charge in [-0.2, -0.15) is 17.6 Å². The maximum absolute atomic E-state index is 12.3. The number of rotatable bonds is 4. The number of esters is 1. The number of ether oxygens (including phenoxy) is 1. The highest BCUT2D eigenvalue weighted by Gasteiger charge is 2.62. The lowest BCUT2D eigenvalue weighted by molar-refractivity contribution is -0.202. The van der Waals surface area contributed by atoms with Crippen LogP contribution in [0.4, 0.5) is 17.6 Å². The number of hydrogen-bond acceptors (Lipinski definition) is 2. The Hall–Kier alpha value is -0.780. The largest absolute Gasteiger partial charge is 0.457 e. The fourth-order valence-corrected chi connectivity index (χ4v) is 0.418. The molecule has 0 aromatic rings. The molecule has 0 aliphatic carbocycles. The second-order valence-corrected chi connectivity index (χ2v) is 2.43. The molecule has 0 aromatic heterocycles. The summed E-state index contributed by atoms with van der Waals surface area (Å²) >= 11 is 3.99. The van der Waals surface area contributed by atoms with Crippen LogP contribution in [0.2, 0.25) is 0 Å². The van der Waals surface area contributed by atoms with Gasteiger partial charge in [-0.1, -0.05) is 12.7 Å². The van der Waals surface area contributed by atoms with E-state index < -0.39 is 23.9 Å². The zero-order valence-corrected chi connectivity index (χ0v) is 6.95. The van der Waals surface area contributed by atoms with Crippen molar-refractivity contribution in [3.63, 3.8) is 0 Å². The number of carbonyl (C=O) groups excluding carboxylic acids is 1. The minimum Gasteiger partial charge on any atom is -0.457 e. The summed E-state index contributed by atoms with van der Waals surface area (Å²) < 4.78 is 52.0. The Bertz CT molecular complexity index is 211. The second kappa shape index (κ2) is 3.95. The quantitative estimate of drug-likeness (QED) is 0.314. The fourth-order valence-electron chi connectivity index (χ4n) is 0.341. The molecule has 2 nitrogen and oxygen atoms in total. The molecule has 0 atom stereocenters. The van der Waals surface area contributed by atoms with Crippen LogP contribution in [0.25, 0.3) is 0 Å². The Morgan fingerprint density at radius 3 is 2.23 bits per heavy atom. The predicted molar refractivity (Wildman–Crippen MR) is 36.9 cm³/mol. The first-order valence-electron chi connectivity index (χ1n) is 2.96. The van der Waals surface area contributed by atoms with Gasteiger partial charge in [-0.05, 0) is 11.6 Å². The molecule has 0 N–H and O–H groups in total. The van der Waals surface area contributed by atoms with Crippen molar-refractivity contribution in [2.75, 3.05) is 6.61 Å². The van der Waals surface area contributed by atoms with Crippen molar-refractivity contribution in [2.24, 2.45) is 0 Å². The summed E-state index contributed by atoms with van der Waals surface area (Å²) in [5, 5.41) is -4.95. The van der Waals surface area contributed by atoms with Crippen molar-refractivity contribution in [2.45, 2.75) is 11.3 Å². The second-order valence-electron chi connectivity index (χ2n) is 1.96. The van der Waals surface area contributed by atoms with Gasteiger partial charge in [-0.15, -0.1) is 0 Å². The molecule has 0 fully saturated rings. The monoisotopic (exact) mass is 220 g/mol. The average Bonchev–Trinajstić information content (AvgIpc) is 1.97. The zero-order valence-electron chi connectivity index (χ0n) is 6.20. The third-order valence-electron chi connectivity index (χ3n) is 0.945. The standard InChI is InChI=1S/C6H5ClF4O2/c1-2-3-13-4(12)5(8,9)6(7,10)11/h2H,1,3H2. The molecule has 0 amide bonds. The van der Waals surface area contributed by atoms with Gasteiger partial charge in [0.15, 0.2) is 0 Å². The van der Waals surface area contributed by atoms with Gasteiger partial charge in [0.1, 0.15) is 6.61 Å². The van der Waals surface area contributed by atoms with Gasteiger partial charge in [0.25, 0.3) is 0 Å². The lowest BCUT2D eigenvalue weighted by Crippen LogP contribution is -2.44. The van der Waals surface area contributed by atoms with Crippen LogP contribution in [0.3, 0.4) is 0 Å². The summed E-state index contributed by atoms with van der Waals surface area (Å²) in [6.45, 7) is 2.45. The Balaban J connectivity index is 4.45. The van der Waals surface area contributed by atoms with Crippen molar-refractivity contribution < 1.29 is 27.1 Å². The van der Waals surface area contributed by atoms with Gasteiger partial charge in [-0.3, -0.25) is 0 Å². The van der Waals surface area contributed by atoms with Crippen LogP contribution in [-0.2, 0) is 9.53 Å². The molecule has 0 unspecified atom stereocenters. The van der Waals surface area contributed by atoms with Crippen molar-refractivity contribution in [3.05, 3.63) is 12.7 Å². The molecule has 0 bridgehead atoms. The SMILES string of the molecule is C=CCOC(=O)C(F)(F)C(F)(F)Cl. The molecule has 0 saturated carbocycles. The maximum atomic E-state index is 12.3. The molecular weight excluding hydrogens is 216 g/mol. The van der Waals surface area contributed by atoms with Crippen LogP contribution in [0.15, 0.2) is 12.7 Å². The summed E-state index contributed by atoms with van der Waals surface area (Å²) in [6.07, 6.45) is 0.959. The number of halogens is 5. The van der Waals surface area contributed by atoms with Crippen molar-refractivity contribution in [1.82, 2.24) is 0 Å². The highest BCUT2D eigenvalue weighted by molar-refractivity contribution is 6.24. The van der Waals surface area contributed by atoms with Gasteiger partial charge >= 0.3 is 17.3 Å². The van der Waals surface area contributed by atoms with Crippen molar-refractivity contribution in [3.8, 4) is 0 Å². The summed E-state index contributed by atoms with van der Waals surface area (Å²) in [5.41, 5.74) is 0. The first-order valence-corrected chi connectivity index (χ1v) is 3.34. The van der Waals surface area contributed by atoms with Gasteiger partial charge < -0.3 is 4.74 Å². The van der Waals surface area contributed by atoms with Crippen molar-refractivity contribution in [1.29, 1.82) is 0 Å². The van der Waals surface area contributed by atoms with Crippen LogP contribution in [0, 0.1) is 0 Å². The smallest absolute Gasteiger partial charge is 0.418 e. The maximum Gasteiger partial charge on any atom is 0.418 e. The number of hydrogen-bond donors (Lipinski definition) is 0. The van der Waals surface area contributed by atoms with E-state index in [2.05, 4.69) is 22.9 Å². The Morgan fingerprint density at radius 1 is 1.46 bits per heavy atom. The molecule has 0 spiro atoms. The normalized spacial score (nSPS) is 12.4. The van der Waals surface area contributed by atoms with Gasteiger partial charge in [-0.25, -0.2) is 4.79 Å². The van der Waals surface area contributed by atoms with E-state index in [0.29, 0.717) is 0 Å². The van der Waals surface area contributed by atoms with E-state index in [9.17, 15) is 22.4 Å². The van der Waals surface area contributed by atoms with E-state index in [-0.39, 0.29) is 0 Å². The molecule has 0 rings (SSSR count). The van der Waals surface area contributed by atoms with Gasteiger partial charge in [0.05, 0.1) is 0 Å². The summed E-state index contributed by atoms with van der Waals surface area (Å²) in [7, 11) is 0. The summed E-state index contributed by atoms with van der Waals surface area (Å²) in [5.74, 6) is -7.41. The minimum absolute atomic E-state index is 0.582. The number of carbonyl (C=O) groups is 1. The predicted octanol–water partition coefficient (Wildman–Crippen LogP) is 2.18. The topological polar surface area (TPSA) is 26.3 Å². The molecule has 0 saturated heterocycles. The van der Waals surface area contributed by atoms with Crippen LogP contribution >= 0.6 is 11.6 Å². The van der Waals surface area contributed by atoms with E-state index >= 15 is 0 Å². The van der Waals surface area contributed by atoms with Crippen LogP contribution in [0.5, 0.6) is 0 Å². The number of alkyl halides is 5. The van der Waals surface area contributed by atoms with Crippen LogP contribution < -0.4 is 0 Å². The molecule has 13 heavy (non-hydrogen) atoms. The highest BCUT2D eigenvalue weighted by atomic mass is 35.5. The first-order chi connectivity index (χ1) is 5.73. The molecule has 0 aliphatic rings. The molecule has 0 aromatic carbocycles. The molecule has 0 aliphatic heterocycles. The van der Waals surface area contributed by atoms with Crippen LogP contribution in [-0.4, -0.2) is 23.9 Å². The van der Waals surface area contributed by atoms with Gasteiger partial charge in [0.2, 0.25) is 0 Å². The molecule has 76 valence electrons. The third-order valence-corrected chi connectivity index (χ3v) is 1.18. The molecule has 0 heterocycles. The lowest BCUT2D eigenvalue weighted by Gasteiger charge is -2.18. The van der Waals surface area contributed by atoms with E-state index in [4.69, 9.17) is 0 Å². The van der Waals surface area contributed by atoms with Gasteiger partial charge in [0, 0.05) is 0 Å². The lowest BCUT2D eigenvalue weighted by atomic mass is 10.3. The Kier molecular flexibility index (Phi) is 3.71. The molecular formula is C6H5ClF4O2.